The average molecular weight is 305 g/mol. The van der Waals surface area contributed by atoms with Crippen molar-refractivity contribution in [3.8, 4) is 0 Å². The third kappa shape index (κ3) is 1.96. The highest BCUT2D eigenvalue weighted by molar-refractivity contribution is 5.88. The van der Waals surface area contributed by atoms with Crippen molar-refractivity contribution in [2.45, 2.75) is 38.6 Å². The van der Waals surface area contributed by atoms with Crippen molar-refractivity contribution in [2.24, 2.45) is 0 Å². The molecule has 0 saturated heterocycles. The van der Waals surface area contributed by atoms with Crippen LogP contribution in [0.3, 0.4) is 0 Å². The average Bonchev–Trinajstić information content (AvgIpc) is 3.09. The van der Waals surface area contributed by atoms with E-state index < -0.39 is 0 Å². The molecule has 0 radical (unpaired) electrons. The molecule has 0 unspecified atom stereocenters. The zero-order valence-corrected chi connectivity index (χ0v) is 13.1. The van der Waals surface area contributed by atoms with Crippen LogP contribution >= 0.6 is 0 Å². The Morgan fingerprint density at radius 2 is 1.87 bits per heavy atom. The number of para-hydroxylation sites is 1. The quantitative estimate of drug-likeness (QED) is 0.692. The van der Waals surface area contributed by atoms with Gasteiger partial charge in [-0.2, -0.15) is 0 Å². The first-order valence-electron chi connectivity index (χ1n) is 8.47. The Bertz CT molecular complexity index is 882. The summed E-state index contributed by atoms with van der Waals surface area (Å²) >= 11 is 0. The van der Waals surface area contributed by atoms with Crippen molar-refractivity contribution in [1.82, 2.24) is 19.5 Å². The number of aryl methyl sites for hydroxylation is 2. The van der Waals surface area contributed by atoms with Crippen LogP contribution in [0, 0.1) is 0 Å². The smallest absolute Gasteiger partial charge is 0.165 e. The van der Waals surface area contributed by atoms with E-state index in [1.807, 2.05) is 0 Å². The van der Waals surface area contributed by atoms with Crippen LogP contribution in [0.5, 0.6) is 0 Å². The molecule has 116 valence electrons. The zero-order valence-electron chi connectivity index (χ0n) is 13.1. The van der Waals surface area contributed by atoms with Gasteiger partial charge in [0.25, 0.3) is 0 Å². The number of anilines is 2. The van der Waals surface area contributed by atoms with E-state index in [9.17, 15) is 0 Å². The molecule has 2 aliphatic heterocycles. The maximum atomic E-state index is 4.93. The van der Waals surface area contributed by atoms with Crippen molar-refractivity contribution >= 4 is 22.7 Å². The van der Waals surface area contributed by atoms with Crippen molar-refractivity contribution in [2.75, 3.05) is 11.4 Å². The maximum Gasteiger partial charge on any atom is 0.165 e. The molecule has 23 heavy (non-hydrogen) atoms. The van der Waals surface area contributed by atoms with Gasteiger partial charge < -0.3 is 9.47 Å². The highest BCUT2D eigenvalue weighted by Crippen LogP contribution is 2.36. The van der Waals surface area contributed by atoms with Gasteiger partial charge >= 0.3 is 0 Å². The molecule has 5 nitrogen and oxygen atoms in total. The number of aromatic nitrogens is 4. The molecule has 0 N–H and O–H groups in total. The molecular weight excluding hydrogens is 286 g/mol. The predicted molar refractivity (Wildman–Crippen MR) is 90.0 cm³/mol. The molecule has 0 atom stereocenters. The van der Waals surface area contributed by atoms with Gasteiger partial charge in [0.05, 0.1) is 0 Å². The van der Waals surface area contributed by atoms with Gasteiger partial charge in [0.2, 0.25) is 0 Å². The molecule has 3 aromatic rings. The van der Waals surface area contributed by atoms with E-state index in [1.165, 1.54) is 36.3 Å². The van der Waals surface area contributed by atoms with Gasteiger partial charge in [0, 0.05) is 25.2 Å². The SMILES string of the molecule is c1ccc2c(c1)CCN2c1ncnc2c1nc1n2CCCCC1. The summed E-state index contributed by atoms with van der Waals surface area (Å²) in [5.41, 5.74) is 4.60. The van der Waals surface area contributed by atoms with Crippen molar-refractivity contribution in [3.05, 3.63) is 42.0 Å². The topological polar surface area (TPSA) is 46.8 Å². The van der Waals surface area contributed by atoms with Crippen molar-refractivity contribution < 1.29 is 0 Å². The molecule has 2 aromatic heterocycles. The van der Waals surface area contributed by atoms with Crippen LogP contribution in [0.15, 0.2) is 30.6 Å². The fourth-order valence-electron chi connectivity index (χ4n) is 3.88. The van der Waals surface area contributed by atoms with Crippen LogP contribution < -0.4 is 4.90 Å². The van der Waals surface area contributed by atoms with E-state index in [0.29, 0.717) is 0 Å². The Morgan fingerprint density at radius 1 is 0.913 bits per heavy atom. The Kier molecular flexibility index (Phi) is 2.86. The third-order valence-corrected chi connectivity index (χ3v) is 5.02. The van der Waals surface area contributed by atoms with Gasteiger partial charge in [-0.1, -0.05) is 24.6 Å². The monoisotopic (exact) mass is 305 g/mol. The molecule has 0 bridgehead atoms. The van der Waals surface area contributed by atoms with Crippen molar-refractivity contribution in [3.63, 3.8) is 0 Å². The highest BCUT2D eigenvalue weighted by Gasteiger charge is 2.25. The summed E-state index contributed by atoms with van der Waals surface area (Å²) in [4.78, 5) is 16.4. The summed E-state index contributed by atoms with van der Waals surface area (Å²) in [7, 11) is 0. The molecule has 5 heteroatoms. The van der Waals surface area contributed by atoms with Gasteiger partial charge in [0.15, 0.2) is 17.0 Å². The Morgan fingerprint density at radius 3 is 2.87 bits per heavy atom. The minimum absolute atomic E-state index is 0.959. The number of rotatable bonds is 1. The van der Waals surface area contributed by atoms with Crippen molar-refractivity contribution in [1.29, 1.82) is 0 Å². The van der Waals surface area contributed by atoms with E-state index in [-0.39, 0.29) is 0 Å². The minimum atomic E-state index is 0.959. The van der Waals surface area contributed by atoms with Crippen LogP contribution in [0.25, 0.3) is 11.2 Å². The lowest BCUT2D eigenvalue weighted by molar-refractivity contribution is 0.643. The van der Waals surface area contributed by atoms with E-state index in [4.69, 9.17) is 4.98 Å². The molecule has 2 aliphatic rings. The second kappa shape index (κ2) is 5.05. The highest BCUT2D eigenvalue weighted by atomic mass is 15.2. The third-order valence-electron chi connectivity index (χ3n) is 5.02. The molecule has 4 heterocycles. The number of nitrogens with zero attached hydrogens (tertiary/aromatic N) is 5. The second-order valence-electron chi connectivity index (χ2n) is 6.39. The van der Waals surface area contributed by atoms with E-state index >= 15 is 0 Å². The van der Waals surface area contributed by atoms with E-state index in [0.717, 1.165) is 42.9 Å². The van der Waals surface area contributed by atoms with E-state index in [2.05, 4.69) is 43.7 Å². The summed E-state index contributed by atoms with van der Waals surface area (Å²) in [5.74, 6) is 2.13. The number of hydrogen-bond donors (Lipinski definition) is 0. The summed E-state index contributed by atoms with van der Waals surface area (Å²) in [5, 5.41) is 0. The molecule has 0 spiro atoms. The van der Waals surface area contributed by atoms with E-state index in [1.54, 1.807) is 6.33 Å². The number of hydrogen-bond acceptors (Lipinski definition) is 4. The first-order chi connectivity index (χ1) is 11.4. The number of fused-ring (bicyclic) bond motifs is 4. The lowest BCUT2D eigenvalue weighted by Gasteiger charge is -2.18. The van der Waals surface area contributed by atoms with Gasteiger partial charge in [-0.3, -0.25) is 0 Å². The standard InChI is InChI=1S/C18H19N5/c1-2-8-15-21-16-17(19-12-20-18(16)23(15)10-5-1)22-11-9-13-6-3-4-7-14(13)22/h3-4,6-7,12H,1-2,5,8-11H2. The van der Waals surface area contributed by atoms with Crippen LogP contribution in [-0.4, -0.2) is 26.1 Å². The summed E-state index contributed by atoms with van der Waals surface area (Å²) in [6, 6.07) is 8.59. The molecule has 0 aliphatic carbocycles. The molecule has 0 amide bonds. The lowest BCUT2D eigenvalue weighted by atomic mass is 10.2. The van der Waals surface area contributed by atoms with Gasteiger partial charge in [-0.15, -0.1) is 0 Å². The molecule has 0 saturated carbocycles. The fraction of sp³-hybridized carbons (Fsp3) is 0.389. The predicted octanol–water partition coefficient (Wildman–Crippen LogP) is 3.25. The first-order valence-corrected chi connectivity index (χ1v) is 8.47. The van der Waals surface area contributed by atoms with Crippen LogP contribution in [0.1, 0.15) is 30.7 Å². The Balaban J connectivity index is 1.69. The fourth-order valence-corrected chi connectivity index (χ4v) is 3.88. The number of benzene rings is 1. The van der Waals surface area contributed by atoms with Crippen LogP contribution in [-0.2, 0) is 19.4 Å². The first kappa shape index (κ1) is 13.0. The van der Waals surface area contributed by atoms with Gasteiger partial charge in [0.1, 0.15) is 12.2 Å². The Labute approximate surface area is 135 Å². The zero-order chi connectivity index (χ0) is 15.2. The van der Waals surface area contributed by atoms with Gasteiger partial charge in [-0.25, -0.2) is 15.0 Å². The molecule has 0 fully saturated rings. The summed E-state index contributed by atoms with van der Waals surface area (Å²) < 4.78 is 2.30. The molecule has 1 aromatic carbocycles. The summed E-state index contributed by atoms with van der Waals surface area (Å²) in [6.07, 6.45) is 7.52. The normalized spacial score (nSPS) is 17.1. The number of imidazole rings is 1. The van der Waals surface area contributed by atoms with Gasteiger partial charge in [-0.05, 0) is 30.9 Å². The van der Waals surface area contributed by atoms with Crippen LogP contribution in [0.4, 0.5) is 11.5 Å². The maximum absolute atomic E-state index is 4.93. The van der Waals surface area contributed by atoms with Crippen LogP contribution in [0.2, 0.25) is 0 Å². The molecular formula is C18H19N5. The largest absolute Gasteiger partial charge is 0.324 e. The molecule has 5 rings (SSSR count). The Hall–Kier alpha value is -2.43. The summed E-state index contributed by atoms with van der Waals surface area (Å²) in [6.45, 7) is 1.99. The lowest BCUT2D eigenvalue weighted by Crippen LogP contribution is -2.15. The minimum Gasteiger partial charge on any atom is -0.324 e. The second-order valence-corrected chi connectivity index (χ2v) is 6.39.